The van der Waals surface area contributed by atoms with Crippen molar-refractivity contribution in [2.24, 2.45) is 0 Å². The van der Waals surface area contributed by atoms with Gasteiger partial charge in [-0.05, 0) is 36.6 Å². The Labute approximate surface area is 124 Å². The molecule has 1 N–H and O–H groups in total. The third kappa shape index (κ3) is 3.55. The highest BCUT2D eigenvalue weighted by atomic mass is 19.1. The van der Waals surface area contributed by atoms with E-state index in [1.807, 2.05) is 24.1 Å². The third-order valence-electron chi connectivity index (χ3n) is 3.64. The SMILES string of the molecule is CN(Cc1ccncc1)c1nccc(CNC2CC2)c1F. The normalized spacial score (nSPS) is 14.2. The van der Waals surface area contributed by atoms with E-state index >= 15 is 0 Å². The maximum atomic E-state index is 14.5. The number of hydrogen-bond donors (Lipinski definition) is 1. The second kappa shape index (κ2) is 6.18. The summed E-state index contributed by atoms with van der Waals surface area (Å²) in [5, 5.41) is 3.33. The van der Waals surface area contributed by atoms with Gasteiger partial charge in [-0.15, -0.1) is 0 Å². The number of rotatable bonds is 6. The molecule has 1 aliphatic carbocycles. The van der Waals surface area contributed by atoms with E-state index in [0.717, 1.165) is 5.56 Å². The van der Waals surface area contributed by atoms with E-state index in [-0.39, 0.29) is 5.82 Å². The van der Waals surface area contributed by atoms with Crippen LogP contribution in [-0.2, 0) is 13.1 Å². The summed E-state index contributed by atoms with van der Waals surface area (Å²) in [6.45, 7) is 1.17. The minimum absolute atomic E-state index is 0.234. The Hall–Kier alpha value is -2.01. The zero-order valence-corrected chi connectivity index (χ0v) is 12.1. The first-order valence-corrected chi connectivity index (χ1v) is 7.21. The smallest absolute Gasteiger partial charge is 0.170 e. The summed E-state index contributed by atoms with van der Waals surface area (Å²) in [4.78, 5) is 10.00. The number of hydrogen-bond acceptors (Lipinski definition) is 4. The number of anilines is 1. The van der Waals surface area contributed by atoms with Gasteiger partial charge in [0.1, 0.15) is 0 Å². The minimum atomic E-state index is -0.234. The summed E-state index contributed by atoms with van der Waals surface area (Å²) < 4.78 is 14.5. The van der Waals surface area contributed by atoms with Crippen LogP contribution in [0.3, 0.4) is 0 Å². The van der Waals surface area contributed by atoms with E-state index in [4.69, 9.17) is 0 Å². The van der Waals surface area contributed by atoms with Crippen molar-refractivity contribution in [3.8, 4) is 0 Å². The lowest BCUT2D eigenvalue weighted by molar-refractivity contribution is 0.577. The summed E-state index contributed by atoms with van der Waals surface area (Å²) in [5.41, 5.74) is 1.75. The predicted molar refractivity (Wildman–Crippen MR) is 80.4 cm³/mol. The molecule has 0 amide bonds. The molecule has 2 heterocycles. The Morgan fingerprint density at radius 2 is 2.00 bits per heavy atom. The van der Waals surface area contributed by atoms with E-state index in [1.54, 1.807) is 24.7 Å². The predicted octanol–water partition coefficient (Wildman–Crippen LogP) is 2.50. The van der Waals surface area contributed by atoms with Crippen LogP contribution in [0.15, 0.2) is 36.8 Å². The molecule has 0 bridgehead atoms. The largest absolute Gasteiger partial charge is 0.353 e. The minimum Gasteiger partial charge on any atom is -0.353 e. The van der Waals surface area contributed by atoms with E-state index < -0.39 is 0 Å². The summed E-state index contributed by atoms with van der Waals surface area (Å²) in [7, 11) is 1.85. The molecule has 0 spiro atoms. The fourth-order valence-electron chi connectivity index (χ4n) is 2.25. The van der Waals surface area contributed by atoms with E-state index in [9.17, 15) is 4.39 Å². The van der Waals surface area contributed by atoms with Gasteiger partial charge in [0.15, 0.2) is 11.6 Å². The van der Waals surface area contributed by atoms with Crippen molar-refractivity contribution in [2.75, 3.05) is 11.9 Å². The Bertz CT molecular complexity index is 598. The van der Waals surface area contributed by atoms with Gasteiger partial charge in [-0.1, -0.05) is 0 Å². The van der Waals surface area contributed by atoms with Crippen molar-refractivity contribution < 1.29 is 4.39 Å². The molecule has 0 aliphatic heterocycles. The molecular weight excluding hydrogens is 267 g/mol. The summed E-state index contributed by atoms with van der Waals surface area (Å²) in [5.74, 6) is 0.157. The highest BCUT2D eigenvalue weighted by Crippen LogP contribution is 2.22. The molecule has 0 radical (unpaired) electrons. The van der Waals surface area contributed by atoms with Crippen LogP contribution in [-0.4, -0.2) is 23.1 Å². The molecule has 0 aromatic carbocycles. The molecule has 0 atom stereocenters. The van der Waals surface area contributed by atoms with E-state index in [1.165, 1.54) is 12.8 Å². The molecule has 5 heteroatoms. The molecule has 1 aliphatic rings. The zero-order chi connectivity index (χ0) is 14.7. The molecule has 0 saturated heterocycles. The standard InChI is InChI=1S/C16H19FN4/c1-21(11-12-4-7-18-8-5-12)16-15(17)13(6-9-19-16)10-20-14-2-3-14/h4-9,14,20H,2-3,10-11H2,1H3. The van der Waals surface area contributed by atoms with Crippen molar-refractivity contribution in [3.05, 3.63) is 53.7 Å². The van der Waals surface area contributed by atoms with Crippen LogP contribution in [0.4, 0.5) is 10.2 Å². The molecule has 0 unspecified atom stereocenters. The number of aromatic nitrogens is 2. The molecule has 2 aromatic rings. The fraction of sp³-hybridized carbons (Fsp3) is 0.375. The lowest BCUT2D eigenvalue weighted by Crippen LogP contribution is -2.21. The van der Waals surface area contributed by atoms with Crippen LogP contribution >= 0.6 is 0 Å². The van der Waals surface area contributed by atoms with Gasteiger partial charge in [0, 0.05) is 50.3 Å². The zero-order valence-electron chi connectivity index (χ0n) is 12.1. The Morgan fingerprint density at radius 3 is 2.71 bits per heavy atom. The molecule has 1 saturated carbocycles. The molecule has 2 aromatic heterocycles. The lowest BCUT2D eigenvalue weighted by Gasteiger charge is -2.20. The summed E-state index contributed by atoms with van der Waals surface area (Å²) in [6, 6.07) is 6.16. The van der Waals surface area contributed by atoms with Gasteiger partial charge in [-0.2, -0.15) is 0 Å². The maximum Gasteiger partial charge on any atom is 0.170 e. The average molecular weight is 286 g/mol. The number of nitrogens with zero attached hydrogens (tertiary/aromatic N) is 3. The fourth-order valence-corrected chi connectivity index (χ4v) is 2.25. The van der Waals surface area contributed by atoms with Gasteiger partial charge >= 0.3 is 0 Å². The number of halogens is 1. The van der Waals surface area contributed by atoms with Crippen LogP contribution in [0, 0.1) is 5.82 Å². The molecule has 110 valence electrons. The van der Waals surface area contributed by atoms with Crippen molar-refractivity contribution in [3.63, 3.8) is 0 Å². The van der Waals surface area contributed by atoms with Crippen LogP contribution in [0.25, 0.3) is 0 Å². The Kier molecular flexibility index (Phi) is 4.10. The average Bonchev–Trinajstić information content (AvgIpc) is 3.31. The van der Waals surface area contributed by atoms with Crippen LogP contribution in [0.5, 0.6) is 0 Å². The van der Waals surface area contributed by atoms with Gasteiger partial charge in [-0.25, -0.2) is 9.37 Å². The van der Waals surface area contributed by atoms with Crippen molar-refractivity contribution in [1.82, 2.24) is 15.3 Å². The van der Waals surface area contributed by atoms with Gasteiger partial charge < -0.3 is 10.2 Å². The van der Waals surface area contributed by atoms with Crippen LogP contribution < -0.4 is 10.2 Å². The first kappa shape index (κ1) is 13.9. The molecular formula is C16H19FN4. The van der Waals surface area contributed by atoms with Crippen LogP contribution in [0.2, 0.25) is 0 Å². The van der Waals surface area contributed by atoms with Gasteiger partial charge in [-0.3, -0.25) is 4.98 Å². The highest BCUT2D eigenvalue weighted by Gasteiger charge is 2.21. The molecule has 1 fully saturated rings. The first-order chi connectivity index (χ1) is 10.2. The second-order valence-electron chi connectivity index (χ2n) is 5.47. The van der Waals surface area contributed by atoms with Crippen molar-refractivity contribution >= 4 is 5.82 Å². The Morgan fingerprint density at radius 1 is 1.24 bits per heavy atom. The lowest BCUT2D eigenvalue weighted by atomic mass is 10.2. The second-order valence-corrected chi connectivity index (χ2v) is 5.47. The van der Waals surface area contributed by atoms with Crippen LogP contribution in [0.1, 0.15) is 24.0 Å². The molecule has 3 rings (SSSR count). The topological polar surface area (TPSA) is 41.1 Å². The van der Waals surface area contributed by atoms with Gasteiger partial charge in [0.25, 0.3) is 0 Å². The summed E-state index contributed by atoms with van der Waals surface area (Å²) in [6.07, 6.45) is 7.54. The van der Waals surface area contributed by atoms with Gasteiger partial charge in [0.2, 0.25) is 0 Å². The molecule has 21 heavy (non-hydrogen) atoms. The van der Waals surface area contributed by atoms with E-state index in [0.29, 0.717) is 30.5 Å². The van der Waals surface area contributed by atoms with Crippen molar-refractivity contribution in [1.29, 1.82) is 0 Å². The van der Waals surface area contributed by atoms with E-state index in [2.05, 4.69) is 15.3 Å². The number of pyridine rings is 2. The molecule has 4 nitrogen and oxygen atoms in total. The summed E-state index contributed by atoms with van der Waals surface area (Å²) >= 11 is 0. The first-order valence-electron chi connectivity index (χ1n) is 7.21. The highest BCUT2D eigenvalue weighted by molar-refractivity contribution is 5.43. The third-order valence-corrected chi connectivity index (χ3v) is 3.64. The maximum absolute atomic E-state index is 14.5. The quantitative estimate of drug-likeness (QED) is 0.886. The van der Waals surface area contributed by atoms with Crippen molar-refractivity contribution in [2.45, 2.75) is 32.0 Å². The number of nitrogens with one attached hydrogen (secondary N) is 1. The Balaban J connectivity index is 1.72. The monoisotopic (exact) mass is 286 g/mol. The van der Waals surface area contributed by atoms with Gasteiger partial charge in [0.05, 0.1) is 0 Å².